The van der Waals surface area contributed by atoms with Gasteiger partial charge in [-0.05, 0) is 55.4 Å². The number of carbonyl (C=O) groups is 1. The van der Waals surface area contributed by atoms with E-state index in [2.05, 4.69) is 12.1 Å². The van der Waals surface area contributed by atoms with Crippen LogP contribution < -0.4 is 4.74 Å². The van der Waals surface area contributed by atoms with Gasteiger partial charge in [-0.1, -0.05) is 24.3 Å². The van der Waals surface area contributed by atoms with Gasteiger partial charge in [0.25, 0.3) is 11.6 Å². The van der Waals surface area contributed by atoms with E-state index in [9.17, 15) is 14.9 Å². The molecule has 3 rings (SSSR count). The molecule has 0 N–H and O–H groups in total. The molecule has 0 saturated carbocycles. The highest BCUT2D eigenvalue weighted by atomic mass is 16.6. The van der Waals surface area contributed by atoms with Gasteiger partial charge in [0.2, 0.25) is 0 Å². The maximum atomic E-state index is 12.7. The van der Waals surface area contributed by atoms with Crippen molar-refractivity contribution in [1.82, 2.24) is 4.90 Å². The molecule has 1 amide bonds. The molecule has 1 aliphatic rings. The van der Waals surface area contributed by atoms with Gasteiger partial charge in [-0.25, -0.2) is 0 Å². The number of hydrogen-bond acceptors (Lipinski definition) is 4. The summed E-state index contributed by atoms with van der Waals surface area (Å²) in [6, 6.07) is 14.3. The lowest BCUT2D eigenvalue weighted by Gasteiger charge is -2.32. The third kappa shape index (κ3) is 4.64. The molecular formula is C21H24N2O4. The van der Waals surface area contributed by atoms with E-state index < -0.39 is 4.92 Å². The number of ether oxygens (including phenoxy) is 1. The van der Waals surface area contributed by atoms with Crippen LogP contribution in [0.15, 0.2) is 48.5 Å². The van der Waals surface area contributed by atoms with Crippen molar-refractivity contribution in [1.29, 1.82) is 0 Å². The first-order valence-electron chi connectivity index (χ1n) is 9.24. The van der Waals surface area contributed by atoms with E-state index in [1.165, 1.54) is 17.7 Å². The summed E-state index contributed by atoms with van der Waals surface area (Å²) in [6.07, 6.45) is 3.96. The van der Waals surface area contributed by atoms with Crippen molar-refractivity contribution >= 4 is 11.6 Å². The summed E-state index contributed by atoms with van der Waals surface area (Å²) in [5, 5.41) is 11.1. The van der Waals surface area contributed by atoms with Crippen LogP contribution in [0.5, 0.6) is 5.75 Å². The lowest BCUT2D eigenvalue weighted by atomic mass is 9.90. The molecule has 0 unspecified atom stereocenters. The first-order valence-corrected chi connectivity index (χ1v) is 9.24. The lowest BCUT2D eigenvalue weighted by molar-refractivity contribution is -0.385. The minimum Gasteiger partial charge on any atom is -0.497 e. The Hall–Kier alpha value is -2.89. The molecule has 27 heavy (non-hydrogen) atoms. The molecule has 0 aliphatic carbocycles. The predicted octanol–water partition coefficient (Wildman–Crippen LogP) is 4.09. The van der Waals surface area contributed by atoms with Crippen molar-refractivity contribution in [2.24, 2.45) is 5.92 Å². The van der Waals surface area contributed by atoms with Crippen LogP contribution in [0.25, 0.3) is 0 Å². The molecule has 0 bridgehead atoms. The number of para-hydroxylation sites is 1. The summed E-state index contributed by atoms with van der Waals surface area (Å²) in [5.74, 6) is 1.19. The zero-order chi connectivity index (χ0) is 19.2. The summed E-state index contributed by atoms with van der Waals surface area (Å²) in [5.41, 5.74) is 1.34. The van der Waals surface area contributed by atoms with Crippen molar-refractivity contribution < 1.29 is 14.5 Å². The van der Waals surface area contributed by atoms with Gasteiger partial charge in [0, 0.05) is 19.2 Å². The second-order valence-corrected chi connectivity index (χ2v) is 6.90. The van der Waals surface area contributed by atoms with Crippen LogP contribution in [0.3, 0.4) is 0 Å². The zero-order valence-corrected chi connectivity index (χ0v) is 15.5. The average Bonchev–Trinajstić information content (AvgIpc) is 2.72. The fourth-order valence-electron chi connectivity index (χ4n) is 3.57. The van der Waals surface area contributed by atoms with Crippen LogP contribution in [0.1, 0.15) is 35.2 Å². The number of aryl methyl sites for hydroxylation is 1. The number of nitrogens with zero attached hydrogens (tertiary/aromatic N) is 2. The smallest absolute Gasteiger partial charge is 0.282 e. The van der Waals surface area contributed by atoms with E-state index in [4.69, 9.17) is 4.74 Å². The molecule has 1 aliphatic heterocycles. The van der Waals surface area contributed by atoms with Crippen molar-refractivity contribution in [3.05, 3.63) is 69.8 Å². The van der Waals surface area contributed by atoms with Gasteiger partial charge in [0.15, 0.2) is 0 Å². The summed E-state index contributed by atoms with van der Waals surface area (Å²) in [4.78, 5) is 25.1. The Kier molecular flexibility index (Phi) is 6.06. The molecule has 1 fully saturated rings. The molecular weight excluding hydrogens is 344 g/mol. The first kappa shape index (κ1) is 18.9. The van der Waals surface area contributed by atoms with E-state index in [1.54, 1.807) is 24.1 Å². The van der Waals surface area contributed by atoms with Crippen LogP contribution in [-0.2, 0) is 6.42 Å². The number of hydrogen-bond donors (Lipinski definition) is 0. The maximum absolute atomic E-state index is 12.7. The minimum absolute atomic E-state index is 0.121. The summed E-state index contributed by atoms with van der Waals surface area (Å²) in [7, 11) is 1.66. The molecule has 142 valence electrons. The first-order chi connectivity index (χ1) is 13.1. The van der Waals surface area contributed by atoms with Crippen molar-refractivity contribution in [2.75, 3.05) is 20.2 Å². The predicted molar refractivity (Wildman–Crippen MR) is 103 cm³/mol. The molecule has 0 radical (unpaired) electrons. The molecule has 1 saturated heterocycles. The van der Waals surface area contributed by atoms with E-state index in [-0.39, 0.29) is 17.2 Å². The van der Waals surface area contributed by atoms with Gasteiger partial charge in [-0.3, -0.25) is 14.9 Å². The van der Waals surface area contributed by atoms with Crippen LogP contribution in [0.2, 0.25) is 0 Å². The molecule has 6 nitrogen and oxygen atoms in total. The van der Waals surface area contributed by atoms with Crippen LogP contribution in [0, 0.1) is 16.0 Å². The fourth-order valence-corrected chi connectivity index (χ4v) is 3.57. The number of piperidine rings is 1. The Labute approximate surface area is 158 Å². The second kappa shape index (κ2) is 8.66. The van der Waals surface area contributed by atoms with Gasteiger partial charge in [0.1, 0.15) is 11.3 Å². The van der Waals surface area contributed by atoms with Crippen molar-refractivity contribution in [3.63, 3.8) is 0 Å². The molecule has 0 aromatic heterocycles. The monoisotopic (exact) mass is 368 g/mol. The van der Waals surface area contributed by atoms with Gasteiger partial charge < -0.3 is 9.64 Å². The molecule has 2 aromatic carbocycles. The summed E-state index contributed by atoms with van der Waals surface area (Å²) < 4.78 is 5.18. The lowest BCUT2D eigenvalue weighted by Crippen LogP contribution is -2.38. The third-order valence-electron chi connectivity index (χ3n) is 5.23. The van der Waals surface area contributed by atoms with Crippen LogP contribution in [0.4, 0.5) is 5.69 Å². The zero-order valence-electron chi connectivity index (χ0n) is 15.5. The number of rotatable bonds is 6. The van der Waals surface area contributed by atoms with Crippen molar-refractivity contribution in [3.8, 4) is 5.75 Å². The minimum atomic E-state index is -0.491. The average molecular weight is 368 g/mol. The molecule has 0 atom stereocenters. The highest BCUT2D eigenvalue weighted by molar-refractivity contribution is 5.98. The SMILES string of the molecule is COc1ccc(CCC2CCN(C(=O)c3ccccc3[N+](=O)[O-])CC2)cc1. The normalized spacial score (nSPS) is 14.8. The van der Waals surface area contributed by atoms with E-state index in [1.807, 2.05) is 12.1 Å². The van der Waals surface area contributed by atoms with E-state index >= 15 is 0 Å². The Morgan fingerprint density at radius 2 is 1.81 bits per heavy atom. The number of amides is 1. The number of nitro benzene ring substituents is 1. The van der Waals surface area contributed by atoms with Gasteiger partial charge in [0.05, 0.1) is 12.0 Å². The topological polar surface area (TPSA) is 72.7 Å². The Morgan fingerprint density at radius 1 is 1.15 bits per heavy atom. The van der Waals surface area contributed by atoms with Gasteiger partial charge in [-0.2, -0.15) is 0 Å². The Morgan fingerprint density at radius 3 is 2.44 bits per heavy atom. The number of benzene rings is 2. The molecule has 0 spiro atoms. The largest absolute Gasteiger partial charge is 0.497 e. The van der Waals surface area contributed by atoms with Gasteiger partial charge in [-0.15, -0.1) is 0 Å². The molecule has 6 heteroatoms. The van der Waals surface area contributed by atoms with E-state index in [0.717, 1.165) is 31.4 Å². The highest BCUT2D eigenvalue weighted by Crippen LogP contribution is 2.26. The quantitative estimate of drug-likeness (QED) is 0.569. The Bertz CT molecular complexity index is 796. The second-order valence-electron chi connectivity index (χ2n) is 6.90. The Balaban J connectivity index is 1.52. The molecule has 2 aromatic rings. The summed E-state index contributed by atoms with van der Waals surface area (Å²) in [6.45, 7) is 1.30. The number of likely N-dealkylation sites (tertiary alicyclic amines) is 1. The number of methoxy groups -OCH3 is 1. The number of nitro groups is 1. The number of carbonyl (C=O) groups excluding carboxylic acids is 1. The van der Waals surface area contributed by atoms with Crippen LogP contribution in [-0.4, -0.2) is 35.9 Å². The highest BCUT2D eigenvalue weighted by Gasteiger charge is 2.27. The molecule has 1 heterocycles. The van der Waals surface area contributed by atoms with E-state index in [0.29, 0.717) is 19.0 Å². The van der Waals surface area contributed by atoms with Crippen LogP contribution >= 0.6 is 0 Å². The summed E-state index contributed by atoms with van der Waals surface area (Å²) >= 11 is 0. The standard InChI is InChI=1S/C21H24N2O4/c1-27-18-10-8-16(9-11-18)6-7-17-12-14-22(15-13-17)21(24)19-4-2-3-5-20(19)23(25)26/h2-5,8-11,17H,6-7,12-15H2,1H3. The maximum Gasteiger partial charge on any atom is 0.282 e. The van der Waals surface area contributed by atoms with Crippen molar-refractivity contribution in [2.45, 2.75) is 25.7 Å². The fraction of sp³-hybridized carbons (Fsp3) is 0.381. The third-order valence-corrected chi connectivity index (χ3v) is 5.23. The van der Waals surface area contributed by atoms with Gasteiger partial charge >= 0.3 is 0 Å².